The topological polar surface area (TPSA) is 102 Å². The molecule has 0 spiro atoms. The molecule has 3 rings (SSSR count). The van der Waals surface area contributed by atoms with Crippen LogP contribution in [-0.4, -0.2) is 45.1 Å². The molecule has 2 aliphatic heterocycles. The number of aliphatic carboxylic acids is 1. The Hall–Kier alpha value is -1.36. The molecule has 0 saturated carbocycles. The Morgan fingerprint density at radius 3 is 2.77 bits per heavy atom. The minimum atomic E-state index is -4.47. The van der Waals surface area contributed by atoms with Gasteiger partial charge < -0.3 is 10.4 Å². The monoisotopic (exact) mass is 419 g/mol. The average Bonchev–Trinajstić information content (AvgIpc) is 3.00. The zero-order valence-electron chi connectivity index (χ0n) is 13.8. The quantitative estimate of drug-likeness (QED) is 0.730. The third kappa shape index (κ3) is 3.30. The number of hydrogen-bond acceptors (Lipinski definition) is 6. The lowest BCUT2D eigenvalue weighted by molar-refractivity contribution is -0.141. The Bertz CT molecular complexity index is 898. The fraction of sp³-hybridized carbons (Fsp3) is 0.312. The van der Waals surface area contributed by atoms with Crippen molar-refractivity contribution in [3.05, 3.63) is 51.3 Å². The number of benzene rings is 1. The molecular formula is C16H18ClNO6S2. The van der Waals surface area contributed by atoms with Gasteiger partial charge in [0.25, 0.3) is 0 Å². The lowest BCUT2D eigenvalue weighted by Crippen LogP contribution is -2.34. The van der Waals surface area contributed by atoms with E-state index in [0.29, 0.717) is 29.4 Å². The van der Waals surface area contributed by atoms with Gasteiger partial charge in [0.2, 0.25) is 5.44 Å². The molecule has 0 saturated heterocycles. The number of rotatable bonds is 6. The van der Waals surface area contributed by atoms with Gasteiger partial charge in [-0.3, -0.25) is 4.18 Å². The Labute approximate surface area is 158 Å². The van der Waals surface area contributed by atoms with Gasteiger partial charge in [-0.15, -0.1) is 10.0 Å². The standard InChI is InChI=1S/C16H18ClNO6S2/c1-23-26(21,22)24-16(15(19)20)25(14-5-3-2-4-12(14)17)9-7-11-10-18-8-6-13(11)25/h2-5,7,9,16,18H,6,8,10H2,1H3,(H,19,20). The number of hydrogen-bond donors (Lipinski definition) is 2. The lowest BCUT2D eigenvalue weighted by Gasteiger charge is -2.42. The van der Waals surface area contributed by atoms with Crippen LogP contribution in [0.3, 0.4) is 0 Å². The van der Waals surface area contributed by atoms with E-state index in [1.807, 2.05) is 6.08 Å². The summed E-state index contributed by atoms with van der Waals surface area (Å²) in [7, 11) is -6.06. The average molecular weight is 420 g/mol. The zero-order valence-corrected chi connectivity index (χ0v) is 16.2. The first-order valence-corrected chi connectivity index (χ1v) is 11.2. The smallest absolute Gasteiger partial charge is 0.401 e. The van der Waals surface area contributed by atoms with Crippen LogP contribution < -0.4 is 5.32 Å². The maximum absolute atomic E-state index is 12.1. The fourth-order valence-corrected chi connectivity index (χ4v) is 8.43. The first-order chi connectivity index (χ1) is 12.3. The molecule has 10 heteroatoms. The Balaban J connectivity index is 2.25. The highest BCUT2D eigenvalue weighted by Gasteiger charge is 2.48. The van der Waals surface area contributed by atoms with Gasteiger partial charge in [0.15, 0.2) is 0 Å². The molecule has 0 amide bonds. The lowest BCUT2D eigenvalue weighted by atomic mass is 10.1. The van der Waals surface area contributed by atoms with Crippen LogP contribution in [0.15, 0.2) is 51.1 Å². The molecule has 2 heterocycles. The maximum Gasteiger partial charge on any atom is 0.401 e. The first-order valence-electron chi connectivity index (χ1n) is 7.71. The van der Waals surface area contributed by atoms with Crippen molar-refractivity contribution in [2.45, 2.75) is 16.8 Å². The van der Waals surface area contributed by atoms with Crippen LogP contribution in [0.1, 0.15) is 6.42 Å². The van der Waals surface area contributed by atoms with Crippen LogP contribution in [0.4, 0.5) is 0 Å². The molecule has 0 aromatic heterocycles. The predicted molar refractivity (Wildman–Crippen MR) is 99.4 cm³/mol. The summed E-state index contributed by atoms with van der Waals surface area (Å²) in [5.74, 6) is -1.39. The molecule has 26 heavy (non-hydrogen) atoms. The van der Waals surface area contributed by atoms with Crippen molar-refractivity contribution in [3.8, 4) is 0 Å². The minimum absolute atomic E-state index is 0.365. The van der Waals surface area contributed by atoms with E-state index in [0.717, 1.165) is 17.6 Å². The zero-order chi connectivity index (χ0) is 18.9. The van der Waals surface area contributed by atoms with Crippen molar-refractivity contribution in [2.75, 3.05) is 20.2 Å². The van der Waals surface area contributed by atoms with Crippen LogP contribution in [0.2, 0.25) is 5.02 Å². The third-order valence-corrected chi connectivity index (χ3v) is 9.55. The SMILES string of the molecule is COS(=O)(=O)OC(C(=O)O)S1(c2ccccc2Cl)C=CC2=C1CCNC2. The summed E-state index contributed by atoms with van der Waals surface area (Å²) in [5.41, 5.74) is -0.731. The van der Waals surface area contributed by atoms with Gasteiger partial charge in [-0.05, 0) is 41.0 Å². The molecule has 2 aliphatic rings. The molecule has 7 nitrogen and oxygen atoms in total. The van der Waals surface area contributed by atoms with Crippen LogP contribution in [-0.2, 0) is 23.6 Å². The van der Waals surface area contributed by atoms with E-state index >= 15 is 0 Å². The molecule has 1 aromatic rings. The molecule has 0 bridgehead atoms. The predicted octanol–water partition coefficient (Wildman–Crippen LogP) is 2.60. The van der Waals surface area contributed by atoms with E-state index < -0.39 is 31.8 Å². The van der Waals surface area contributed by atoms with E-state index in [4.69, 9.17) is 15.8 Å². The van der Waals surface area contributed by atoms with E-state index in [9.17, 15) is 18.3 Å². The number of carbonyl (C=O) groups is 1. The summed E-state index contributed by atoms with van der Waals surface area (Å²) in [5, 5.41) is 15.2. The number of carboxylic acids is 1. The van der Waals surface area contributed by atoms with Gasteiger partial charge in [-0.2, -0.15) is 8.42 Å². The minimum Gasteiger partial charge on any atom is -0.479 e. The number of nitrogens with one attached hydrogen (secondary N) is 1. The Morgan fingerprint density at radius 1 is 1.38 bits per heavy atom. The molecule has 2 N–H and O–H groups in total. The molecule has 2 unspecified atom stereocenters. The highest BCUT2D eigenvalue weighted by atomic mass is 35.5. The summed E-state index contributed by atoms with van der Waals surface area (Å²) >= 11 is 6.40. The van der Waals surface area contributed by atoms with Crippen molar-refractivity contribution in [2.24, 2.45) is 0 Å². The number of carboxylic acid groups (broad SMARTS) is 1. The highest BCUT2D eigenvalue weighted by Crippen LogP contribution is 2.73. The van der Waals surface area contributed by atoms with Gasteiger partial charge in [-0.25, -0.2) is 8.98 Å². The normalized spacial score (nSPS) is 26.2. The van der Waals surface area contributed by atoms with E-state index in [2.05, 4.69) is 9.50 Å². The Kier molecular flexibility index (Phi) is 5.48. The molecule has 0 fully saturated rings. The second-order valence-corrected chi connectivity index (χ2v) is 10.5. The first kappa shape index (κ1) is 19.4. The molecular weight excluding hydrogens is 402 g/mol. The van der Waals surface area contributed by atoms with Crippen LogP contribution in [0.25, 0.3) is 0 Å². The van der Waals surface area contributed by atoms with Crippen molar-refractivity contribution in [1.29, 1.82) is 0 Å². The van der Waals surface area contributed by atoms with Gasteiger partial charge in [0.1, 0.15) is 0 Å². The maximum atomic E-state index is 12.1. The van der Waals surface area contributed by atoms with Crippen molar-refractivity contribution < 1.29 is 26.7 Å². The van der Waals surface area contributed by atoms with Crippen LogP contribution in [0, 0.1) is 0 Å². The Morgan fingerprint density at radius 2 is 2.12 bits per heavy atom. The fourth-order valence-electron chi connectivity index (χ4n) is 3.14. The van der Waals surface area contributed by atoms with Crippen molar-refractivity contribution in [1.82, 2.24) is 5.32 Å². The van der Waals surface area contributed by atoms with Crippen LogP contribution in [0.5, 0.6) is 0 Å². The van der Waals surface area contributed by atoms with E-state index in [-0.39, 0.29) is 0 Å². The molecule has 0 radical (unpaired) electrons. The van der Waals surface area contributed by atoms with E-state index in [1.165, 1.54) is 0 Å². The summed E-state index contributed by atoms with van der Waals surface area (Å²) in [4.78, 5) is 13.5. The largest absolute Gasteiger partial charge is 0.479 e. The second-order valence-electron chi connectivity index (χ2n) is 5.66. The molecule has 142 valence electrons. The molecule has 1 aromatic carbocycles. The highest BCUT2D eigenvalue weighted by molar-refractivity contribution is 8.40. The van der Waals surface area contributed by atoms with Gasteiger partial charge in [-0.1, -0.05) is 29.8 Å². The summed E-state index contributed by atoms with van der Waals surface area (Å²) in [6, 6.07) is 6.85. The van der Waals surface area contributed by atoms with Crippen molar-refractivity contribution in [3.63, 3.8) is 0 Å². The molecule has 2 atom stereocenters. The summed E-state index contributed by atoms with van der Waals surface area (Å²) in [6.07, 6.45) is 2.40. The van der Waals surface area contributed by atoms with E-state index in [1.54, 1.807) is 29.7 Å². The second kappa shape index (κ2) is 7.34. The summed E-state index contributed by atoms with van der Waals surface area (Å²) in [6.45, 7) is 1.23. The van der Waals surface area contributed by atoms with Gasteiger partial charge >= 0.3 is 16.4 Å². The van der Waals surface area contributed by atoms with Gasteiger partial charge in [0, 0.05) is 11.4 Å². The summed E-state index contributed by atoms with van der Waals surface area (Å²) < 4.78 is 33.2. The number of halogens is 1. The molecule has 0 aliphatic carbocycles. The third-order valence-electron chi connectivity index (χ3n) is 4.24. The van der Waals surface area contributed by atoms with Gasteiger partial charge in [0.05, 0.1) is 12.1 Å². The van der Waals surface area contributed by atoms with Crippen molar-refractivity contribution >= 4 is 38.0 Å². The van der Waals surface area contributed by atoms with Crippen LogP contribution >= 0.6 is 21.6 Å².